The maximum Gasteiger partial charge on any atom is 0.0496 e. The summed E-state index contributed by atoms with van der Waals surface area (Å²) in [5.41, 5.74) is 5.99. The largest absolute Gasteiger partial charge is 0.271 e. The van der Waals surface area contributed by atoms with Crippen molar-refractivity contribution < 1.29 is 0 Å². The molecular formula is C18H26N2. The third kappa shape index (κ3) is 1.93. The van der Waals surface area contributed by atoms with Crippen LogP contribution in [0.25, 0.3) is 0 Å². The number of benzene rings is 1. The highest BCUT2D eigenvalue weighted by Gasteiger charge is 2.50. The molecule has 0 aliphatic heterocycles. The van der Waals surface area contributed by atoms with E-state index >= 15 is 0 Å². The van der Waals surface area contributed by atoms with Gasteiger partial charge in [-0.2, -0.15) is 0 Å². The Hall–Kier alpha value is -0.860. The first-order valence-corrected chi connectivity index (χ1v) is 8.28. The van der Waals surface area contributed by atoms with Crippen LogP contribution in [-0.4, -0.2) is 0 Å². The van der Waals surface area contributed by atoms with E-state index in [1.54, 1.807) is 0 Å². The van der Waals surface area contributed by atoms with Gasteiger partial charge in [0, 0.05) is 6.04 Å². The molecule has 20 heavy (non-hydrogen) atoms. The fraction of sp³-hybridized carbons (Fsp3) is 0.667. The van der Waals surface area contributed by atoms with Crippen molar-refractivity contribution in [2.75, 3.05) is 0 Å². The number of hydrazine groups is 1. The van der Waals surface area contributed by atoms with Gasteiger partial charge in [0.2, 0.25) is 0 Å². The molecule has 2 nitrogen and oxygen atoms in total. The van der Waals surface area contributed by atoms with Crippen molar-refractivity contribution in [2.45, 2.75) is 45.1 Å². The van der Waals surface area contributed by atoms with Gasteiger partial charge in [0.25, 0.3) is 0 Å². The zero-order valence-corrected chi connectivity index (χ0v) is 12.4. The van der Waals surface area contributed by atoms with Gasteiger partial charge in [0.1, 0.15) is 0 Å². The van der Waals surface area contributed by atoms with Gasteiger partial charge in [0.05, 0.1) is 0 Å². The highest BCUT2D eigenvalue weighted by atomic mass is 15.2. The number of nitrogens with two attached hydrogens (primary N) is 1. The first-order chi connectivity index (χ1) is 9.76. The van der Waals surface area contributed by atoms with Gasteiger partial charge in [-0.15, -0.1) is 0 Å². The Morgan fingerprint density at radius 2 is 1.60 bits per heavy atom. The number of hydrogen-bond donors (Lipinski definition) is 2. The van der Waals surface area contributed by atoms with E-state index in [4.69, 9.17) is 5.84 Å². The van der Waals surface area contributed by atoms with E-state index in [0.29, 0.717) is 6.04 Å². The van der Waals surface area contributed by atoms with Crippen LogP contribution in [0.4, 0.5) is 0 Å². The maximum atomic E-state index is 6.00. The molecule has 0 amide bonds. The molecule has 0 heterocycles. The summed E-state index contributed by atoms with van der Waals surface area (Å²) >= 11 is 0. The summed E-state index contributed by atoms with van der Waals surface area (Å²) in [5, 5.41) is 0. The second-order valence-corrected chi connectivity index (χ2v) is 7.51. The van der Waals surface area contributed by atoms with Crippen molar-refractivity contribution in [1.82, 2.24) is 5.43 Å². The molecular weight excluding hydrogens is 244 g/mol. The Morgan fingerprint density at radius 1 is 1.00 bits per heavy atom. The van der Waals surface area contributed by atoms with Gasteiger partial charge in [-0.25, -0.2) is 0 Å². The Labute approximate surface area is 122 Å². The van der Waals surface area contributed by atoms with Crippen molar-refractivity contribution in [3.8, 4) is 0 Å². The Kier molecular flexibility index (Phi) is 3.12. The minimum atomic E-state index is 0.353. The molecule has 5 rings (SSSR count). The third-order valence-electron chi connectivity index (χ3n) is 6.39. The summed E-state index contributed by atoms with van der Waals surface area (Å²) in [4.78, 5) is 0. The fourth-order valence-corrected chi connectivity index (χ4v) is 5.86. The second kappa shape index (κ2) is 4.85. The SMILES string of the molecule is Cc1ccccc1C(NN)C1C2CC3CC(C2)CC1C3. The third-order valence-corrected chi connectivity index (χ3v) is 6.39. The molecule has 1 unspecified atom stereocenters. The molecule has 2 heteroatoms. The van der Waals surface area contributed by atoms with E-state index in [-0.39, 0.29) is 0 Å². The molecule has 1 atom stereocenters. The minimum Gasteiger partial charge on any atom is -0.271 e. The molecule has 4 aliphatic rings. The first-order valence-electron chi connectivity index (χ1n) is 8.28. The summed E-state index contributed by atoms with van der Waals surface area (Å²) in [5.74, 6) is 10.6. The Bertz CT molecular complexity index is 468. The van der Waals surface area contributed by atoms with Crippen LogP contribution in [0.15, 0.2) is 24.3 Å². The first kappa shape index (κ1) is 12.8. The van der Waals surface area contributed by atoms with Crippen LogP contribution in [0, 0.1) is 36.5 Å². The van der Waals surface area contributed by atoms with Crippen molar-refractivity contribution in [3.05, 3.63) is 35.4 Å². The summed E-state index contributed by atoms with van der Waals surface area (Å²) in [6, 6.07) is 9.12. The highest BCUT2D eigenvalue weighted by molar-refractivity contribution is 5.30. The van der Waals surface area contributed by atoms with Gasteiger partial charge in [-0.05, 0) is 79.7 Å². The average molecular weight is 270 g/mol. The molecule has 1 aromatic carbocycles. The van der Waals surface area contributed by atoms with Gasteiger partial charge < -0.3 is 0 Å². The number of nitrogens with one attached hydrogen (secondary N) is 1. The minimum absolute atomic E-state index is 0.353. The standard InChI is InChI=1S/C18H26N2/c1-11-4-2-3-5-16(11)18(20-19)17-14-7-12-6-13(9-14)10-15(17)8-12/h2-5,12-15,17-18,20H,6-10,19H2,1H3. The molecule has 0 radical (unpaired) electrons. The lowest BCUT2D eigenvalue weighted by atomic mass is 9.50. The quantitative estimate of drug-likeness (QED) is 0.651. The lowest BCUT2D eigenvalue weighted by Gasteiger charge is -2.56. The number of rotatable bonds is 3. The van der Waals surface area contributed by atoms with Crippen LogP contribution in [0.1, 0.15) is 49.3 Å². The van der Waals surface area contributed by atoms with Gasteiger partial charge in [-0.3, -0.25) is 11.3 Å². The fourth-order valence-electron chi connectivity index (χ4n) is 5.86. The molecule has 4 saturated carbocycles. The van der Waals surface area contributed by atoms with E-state index in [2.05, 4.69) is 36.6 Å². The molecule has 0 aromatic heterocycles. The summed E-state index contributed by atoms with van der Waals surface area (Å²) in [6.07, 6.45) is 7.36. The maximum absolute atomic E-state index is 6.00. The van der Waals surface area contributed by atoms with Crippen LogP contribution in [-0.2, 0) is 0 Å². The van der Waals surface area contributed by atoms with Gasteiger partial charge in [0.15, 0.2) is 0 Å². The predicted molar refractivity (Wildman–Crippen MR) is 81.8 cm³/mol. The van der Waals surface area contributed by atoms with Crippen LogP contribution in [0.2, 0.25) is 0 Å². The highest BCUT2D eigenvalue weighted by Crippen LogP contribution is 2.59. The van der Waals surface area contributed by atoms with Crippen molar-refractivity contribution in [1.29, 1.82) is 0 Å². The number of aryl methyl sites for hydroxylation is 1. The molecule has 4 bridgehead atoms. The van der Waals surface area contributed by atoms with E-state index < -0.39 is 0 Å². The Balaban J connectivity index is 1.67. The normalized spacial score (nSPS) is 40.0. The van der Waals surface area contributed by atoms with Crippen LogP contribution in [0.5, 0.6) is 0 Å². The Morgan fingerprint density at radius 3 is 2.15 bits per heavy atom. The lowest BCUT2D eigenvalue weighted by molar-refractivity contribution is -0.0526. The molecule has 4 fully saturated rings. The van der Waals surface area contributed by atoms with E-state index in [1.165, 1.54) is 43.2 Å². The van der Waals surface area contributed by atoms with E-state index in [1.807, 2.05) is 0 Å². The van der Waals surface area contributed by atoms with Crippen LogP contribution >= 0.6 is 0 Å². The van der Waals surface area contributed by atoms with Gasteiger partial charge >= 0.3 is 0 Å². The van der Waals surface area contributed by atoms with E-state index in [9.17, 15) is 0 Å². The van der Waals surface area contributed by atoms with Crippen LogP contribution < -0.4 is 11.3 Å². The second-order valence-electron chi connectivity index (χ2n) is 7.51. The smallest absolute Gasteiger partial charge is 0.0496 e. The zero-order chi connectivity index (χ0) is 13.7. The molecule has 3 N–H and O–H groups in total. The molecule has 0 saturated heterocycles. The molecule has 4 aliphatic carbocycles. The molecule has 0 spiro atoms. The summed E-state index contributed by atoms with van der Waals surface area (Å²) in [7, 11) is 0. The average Bonchev–Trinajstić information content (AvgIpc) is 2.43. The zero-order valence-electron chi connectivity index (χ0n) is 12.4. The van der Waals surface area contributed by atoms with Crippen molar-refractivity contribution in [2.24, 2.45) is 35.4 Å². The van der Waals surface area contributed by atoms with Crippen molar-refractivity contribution in [3.63, 3.8) is 0 Å². The summed E-state index contributed by atoms with van der Waals surface area (Å²) in [6.45, 7) is 2.22. The van der Waals surface area contributed by atoms with Crippen molar-refractivity contribution >= 4 is 0 Å². The topological polar surface area (TPSA) is 38.0 Å². The van der Waals surface area contributed by atoms with Crippen LogP contribution in [0.3, 0.4) is 0 Å². The summed E-state index contributed by atoms with van der Waals surface area (Å²) < 4.78 is 0. The van der Waals surface area contributed by atoms with Gasteiger partial charge in [-0.1, -0.05) is 24.3 Å². The predicted octanol–water partition coefficient (Wildman–Crippen LogP) is 3.57. The molecule has 1 aromatic rings. The molecule has 108 valence electrons. The lowest BCUT2D eigenvalue weighted by Crippen LogP contribution is -2.50. The number of hydrogen-bond acceptors (Lipinski definition) is 2. The monoisotopic (exact) mass is 270 g/mol. The van der Waals surface area contributed by atoms with E-state index in [0.717, 1.165) is 29.6 Å².